The van der Waals surface area contributed by atoms with Crippen molar-refractivity contribution in [1.29, 1.82) is 0 Å². The van der Waals surface area contributed by atoms with Crippen molar-refractivity contribution in [3.63, 3.8) is 0 Å². The zero-order chi connectivity index (χ0) is 14.5. The van der Waals surface area contributed by atoms with Gasteiger partial charge in [-0.25, -0.2) is 4.79 Å². The summed E-state index contributed by atoms with van der Waals surface area (Å²) >= 11 is 0. The second kappa shape index (κ2) is 11.8. The molecule has 1 N–H and O–H groups in total. The number of hydrogen-bond acceptors (Lipinski definition) is 1. The largest absolute Gasteiger partial charge is 0.335 e. The third-order valence-corrected chi connectivity index (χ3v) is 4.04. The quantitative estimate of drug-likeness (QED) is 0.743. The molecule has 1 aliphatic heterocycles. The van der Waals surface area contributed by atoms with Gasteiger partial charge in [-0.05, 0) is 12.8 Å². The van der Waals surface area contributed by atoms with Gasteiger partial charge < -0.3 is 10.2 Å². The molecule has 1 aliphatic rings. The average molecular weight is 280 g/mol. The van der Waals surface area contributed by atoms with Crippen LogP contribution in [-0.2, 0) is 0 Å². The number of nitrogens with one attached hydrogen (secondary N) is 1. The standard InChI is InChI=1S/C17H32N2O/c1-2-14-18-17(20)19-15-12-10-8-6-4-3-5-7-9-11-13-16-19/h2H,1,3-16H2,(H,18,20). The monoisotopic (exact) mass is 280 g/mol. The first-order chi connectivity index (χ1) is 9.84. The van der Waals surface area contributed by atoms with Crippen LogP contribution in [0.25, 0.3) is 0 Å². The first-order valence-corrected chi connectivity index (χ1v) is 8.48. The number of rotatable bonds is 2. The Morgan fingerprint density at radius 1 is 0.850 bits per heavy atom. The maximum atomic E-state index is 12.1. The number of nitrogens with zero attached hydrogens (tertiary/aromatic N) is 1. The number of hydrogen-bond donors (Lipinski definition) is 1. The normalized spacial score (nSPS) is 19.9. The molecule has 2 amide bonds. The highest BCUT2D eigenvalue weighted by atomic mass is 16.2. The van der Waals surface area contributed by atoms with Crippen LogP contribution < -0.4 is 5.32 Å². The summed E-state index contributed by atoms with van der Waals surface area (Å²) in [4.78, 5) is 14.1. The van der Waals surface area contributed by atoms with Crippen LogP contribution in [0.15, 0.2) is 12.7 Å². The SMILES string of the molecule is C=CCNC(=O)N1CCCCCCCCCCCCC1. The van der Waals surface area contributed by atoms with Crippen molar-refractivity contribution in [3.8, 4) is 0 Å². The lowest BCUT2D eigenvalue weighted by molar-refractivity contribution is 0.196. The molecule has 0 unspecified atom stereocenters. The van der Waals surface area contributed by atoms with E-state index in [4.69, 9.17) is 0 Å². The lowest BCUT2D eigenvalue weighted by Crippen LogP contribution is -2.41. The van der Waals surface area contributed by atoms with Crippen LogP contribution in [0.2, 0.25) is 0 Å². The number of urea groups is 1. The van der Waals surface area contributed by atoms with Crippen LogP contribution in [0.4, 0.5) is 4.79 Å². The summed E-state index contributed by atoms with van der Waals surface area (Å²) in [7, 11) is 0. The molecule has 116 valence electrons. The van der Waals surface area contributed by atoms with Crippen molar-refractivity contribution in [2.45, 2.75) is 70.6 Å². The summed E-state index contributed by atoms with van der Waals surface area (Å²) in [6, 6.07) is 0.0806. The minimum absolute atomic E-state index is 0.0806. The van der Waals surface area contributed by atoms with E-state index in [9.17, 15) is 4.79 Å². The first kappa shape index (κ1) is 17.1. The third kappa shape index (κ3) is 8.23. The Bertz CT molecular complexity index is 252. The maximum absolute atomic E-state index is 12.1. The average Bonchev–Trinajstić information content (AvgIpc) is 2.47. The molecule has 0 atom stereocenters. The van der Waals surface area contributed by atoms with Gasteiger partial charge >= 0.3 is 6.03 Å². The highest BCUT2D eigenvalue weighted by Crippen LogP contribution is 2.13. The van der Waals surface area contributed by atoms with Crippen molar-refractivity contribution in [2.24, 2.45) is 0 Å². The molecule has 3 nitrogen and oxygen atoms in total. The molecule has 1 saturated heterocycles. The summed E-state index contributed by atoms with van der Waals surface area (Å²) in [6.45, 7) is 6.02. The van der Waals surface area contributed by atoms with E-state index in [0.717, 1.165) is 25.9 Å². The maximum Gasteiger partial charge on any atom is 0.317 e. The first-order valence-electron chi connectivity index (χ1n) is 8.48. The van der Waals surface area contributed by atoms with Crippen molar-refractivity contribution in [2.75, 3.05) is 19.6 Å². The molecule has 0 bridgehead atoms. The van der Waals surface area contributed by atoms with Gasteiger partial charge in [0.05, 0.1) is 0 Å². The summed E-state index contributed by atoms with van der Waals surface area (Å²) in [6.07, 6.45) is 16.1. The number of carbonyl (C=O) groups is 1. The Labute approximate surface area is 124 Å². The molecule has 0 radical (unpaired) electrons. The van der Waals surface area contributed by atoms with Gasteiger partial charge in [0.25, 0.3) is 0 Å². The van der Waals surface area contributed by atoms with Crippen LogP contribution in [0.3, 0.4) is 0 Å². The van der Waals surface area contributed by atoms with E-state index in [-0.39, 0.29) is 6.03 Å². The minimum atomic E-state index is 0.0806. The van der Waals surface area contributed by atoms with E-state index < -0.39 is 0 Å². The van der Waals surface area contributed by atoms with E-state index in [0.29, 0.717) is 6.54 Å². The van der Waals surface area contributed by atoms with Crippen molar-refractivity contribution in [1.82, 2.24) is 10.2 Å². The Morgan fingerprint density at radius 3 is 1.65 bits per heavy atom. The Balaban J connectivity index is 2.35. The van der Waals surface area contributed by atoms with Gasteiger partial charge in [0.15, 0.2) is 0 Å². The predicted molar refractivity (Wildman–Crippen MR) is 86.0 cm³/mol. The van der Waals surface area contributed by atoms with Crippen LogP contribution in [0, 0.1) is 0 Å². The summed E-state index contributed by atoms with van der Waals surface area (Å²) < 4.78 is 0. The molecular formula is C17H32N2O. The van der Waals surface area contributed by atoms with Gasteiger partial charge in [0.1, 0.15) is 0 Å². The van der Waals surface area contributed by atoms with E-state index in [1.807, 2.05) is 4.90 Å². The van der Waals surface area contributed by atoms with Gasteiger partial charge in [-0.2, -0.15) is 0 Å². The van der Waals surface area contributed by atoms with E-state index in [2.05, 4.69) is 11.9 Å². The van der Waals surface area contributed by atoms with Crippen molar-refractivity contribution < 1.29 is 4.79 Å². The summed E-state index contributed by atoms with van der Waals surface area (Å²) in [5.74, 6) is 0. The van der Waals surface area contributed by atoms with Gasteiger partial charge in [0, 0.05) is 19.6 Å². The number of amides is 2. The fraction of sp³-hybridized carbons (Fsp3) is 0.824. The van der Waals surface area contributed by atoms with Gasteiger partial charge in [-0.3, -0.25) is 0 Å². The minimum Gasteiger partial charge on any atom is -0.335 e. The Kier molecular flexibility index (Phi) is 10.1. The van der Waals surface area contributed by atoms with E-state index in [1.54, 1.807) is 6.08 Å². The van der Waals surface area contributed by atoms with Crippen LogP contribution >= 0.6 is 0 Å². The van der Waals surface area contributed by atoms with Crippen molar-refractivity contribution >= 4 is 6.03 Å². The molecule has 3 heteroatoms. The summed E-state index contributed by atoms with van der Waals surface area (Å²) in [5, 5.41) is 2.91. The molecule has 1 fully saturated rings. The fourth-order valence-corrected chi connectivity index (χ4v) is 2.78. The topological polar surface area (TPSA) is 32.3 Å². The lowest BCUT2D eigenvalue weighted by Gasteiger charge is -2.23. The third-order valence-electron chi connectivity index (χ3n) is 4.04. The lowest BCUT2D eigenvalue weighted by atomic mass is 10.0. The summed E-state index contributed by atoms with van der Waals surface area (Å²) in [5.41, 5.74) is 0. The highest BCUT2D eigenvalue weighted by Gasteiger charge is 2.11. The molecule has 0 aromatic rings. The second-order valence-corrected chi connectivity index (χ2v) is 5.85. The Hall–Kier alpha value is -0.990. The molecule has 0 aromatic heterocycles. The van der Waals surface area contributed by atoms with Crippen LogP contribution in [-0.4, -0.2) is 30.6 Å². The zero-order valence-electron chi connectivity index (χ0n) is 13.0. The predicted octanol–water partition coefficient (Wildman–Crippen LogP) is 4.49. The highest BCUT2D eigenvalue weighted by molar-refractivity contribution is 5.74. The molecule has 1 heterocycles. The zero-order valence-corrected chi connectivity index (χ0v) is 13.0. The van der Waals surface area contributed by atoms with Gasteiger partial charge in [0.2, 0.25) is 0 Å². The molecule has 0 saturated carbocycles. The molecule has 1 rings (SSSR count). The molecule has 20 heavy (non-hydrogen) atoms. The molecular weight excluding hydrogens is 248 g/mol. The second-order valence-electron chi connectivity index (χ2n) is 5.85. The molecule has 0 aliphatic carbocycles. The van der Waals surface area contributed by atoms with E-state index >= 15 is 0 Å². The van der Waals surface area contributed by atoms with Crippen LogP contribution in [0.5, 0.6) is 0 Å². The molecule has 0 aromatic carbocycles. The Morgan fingerprint density at radius 2 is 1.25 bits per heavy atom. The molecule has 0 spiro atoms. The van der Waals surface area contributed by atoms with Crippen LogP contribution in [0.1, 0.15) is 70.6 Å². The van der Waals surface area contributed by atoms with Gasteiger partial charge in [-0.15, -0.1) is 6.58 Å². The smallest absolute Gasteiger partial charge is 0.317 e. The fourth-order valence-electron chi connectivity index (χ4n) is 2.78. The van der Waals surface area contributed by atoms with E-state index in [1.165, 1.54) is 57.8 Å². The van der Waals surface area contributed by atoms with Gasteiger partial charge in [-0.1, -0.05) is 63.9 Å². The number of carbonyl (C=O) groups excluding carboxylic acids is 1. The van der Waals surface area contributed by atoms with Crippen molar-refractivity contribution in [3.05, 3.63) is 12.7 Å².